The smallest absolute Gasteiger partial charge is 0.0474 e. The van der Waals surface area contributed by atoms with Crippen molar-refractivity contribution in [3.8, 4) is 0 Å². The van der Waals surface area contributed by atoms with Gasteiger partial charge in [-0.2, -0.15) is 0 Å². The Morgan fingerprint density at radius 2 is 1.90 bits per heavy atom. The minimum atomic E-state index is 0.180. The molecule has 0 aliphatic carbocycles. The summed E-state index contributed by atoms with van der Waals surface area (Å²) in [6, 6.07) is 0. The third-order valence-electron chi connectivity index (χ3n) is 4.04. The molecule has 4 heteroatoms. The summed E-state index contributed by atoms with van der Waals surface area (Å²) < 4.78 is 10.7. The molecule has 0 spiro atoms. The zero-order valence-corrected chi connectivity index (χ0v) is 14.1. The minimum absolute atomic E-state index is 0.180. The third-order valence-corrected chi connectivity index (χ3v) is 4.04. The standard InChI is InChI=1S/C16H34N2O2/c1-15(2,3)17-13-16(7-11-20-12-8-16)14-18(4)9-6-10-19-5/h17H,6-14H2,1-5H3. The minimum Gasteiger partial charge on any atom is -0.385 e. The fraction of sp³-hybridized carbons (Fsp3) is 1.00. The highest BCUT2D eigenvalue weighted by Crippen LogP contribution is 2.31. The second-order valence-electron chi connectivity index (χ2n) is 7.30. The van der Waals surface area contributed by atoms with E-state index in [0.717, 1.165) is 58.7 Å². The molecule has 20 heavy (non-hydrogen) atoms. The maximum absolute atomic E-state index is 5.57. The summed E-state index contributed by atoms with van der Waals surface area (Å²) in [4.78, 5) is 2.45. The predicted molar refractivity (Wildman–Crippen MR) is 84.2 cm³/mol. The molecule has 0 aromatic heterocycles. The highest BCUT2D eigenvalue weighted by atomic mass is 16.5. The first-order valence-electron chi connectivity index (χ1n) is 7.87. The molecule has 0 amide bonds. The van der Waals surface area contributed by atoms with Crippen LogP contribution in [0, 0.1) is 5.41 Å². The van der Waals surface area contributed by atoms with Crippen molar-refractivity contribution in [3.05, 3.63) is 0 Å². The summed E-state index contributed by atoms with van der Waals surface area (Å²) in [5.74, 6) is 0. The number of rotatable bonds is 8. The molecule has 0 aromatic carbocycles. The number of nitrogens with zero attached hydrogens (tertiary/aromatic N) is 1. The molecule has 1 fully saturated rings. The summed E-state index contributed by atoms with van der Waals surface area (Å²) in [6.45, 7) is 12.7. The van der Waals surface area contributed by atoms with Crippen LogP contribution in [0.3, 0.4) is 0 Å². The first-order valence-corrected chi connectivity index (χ1v) is 7.87. The van der Waals surface area contributed by atoms with Crippen LogP contribution in [-0.2, 0) is 9.47 Å². The Labute approximate surface area is 125 Å². The second-order valence-corrected chi connectivity index (χ2v) is 7.30. The van der Waals surface area contributed by atoms with Gasteiger partial charge in [0.1, 0.15) is 0 Å². The zero-order valence-electron chi connectivity index (χ0n) is 14.1. The van der Waals surface area contributed by atoms with Gasteiger partial charge in [-0.1, -0.05) is 0 Å². The fourth-order valence-corrected chi connectivity index (χ4v) is 2.78. The molecule has 0 atom stereocenters. The van der Waals surface area contributed by atoms with E-state index in [9.17, 15) is 0 Å². The van der Waals surface area contributed by atoms with Gasteiger partial charge in [0.2, 0.25) is 0 Å². The van der Waals surface area contributed by atoms with E-state index in [1.54, 1.807) is 7.11 Å². The van der Waals surface area contributed by atoms with Crippen LogP contribution in [0.4, 0.5) is 0 Å². The van der Waals surface area contributed by atoms with Crippen LogP contribution in [0.2, 0.25) is 0 Å². The SMILES string of the molecule is COCCCN(C)CC1(CNC(C)(C)C)CCOCC1. The molecule has 120 valence electrons. The molecule has 1 heterocycles. The topological polar surface area (TPSA) is 33.7 Å². The van der Waals surface area contributed by atoms with Gasteiger partial charge in [0.25, 0.3) is 0 Å². The lowest BCUT2D eigenvalue weighted by molar-refractivity contribution is -0.00410. The van der Waals surface area contributed by atoms with Gasteiger partial charge >= 0.3 is 0 Å². The van der Waals surface area contributed by atoms with Gasteiger partial charge in [0.05, 0.1) is 0 Å². The number of hydrogen-bond acceptors (Lipinski definition) is 4. The van der Waals surface area contributed by atoms with Crippen molar-refractivity contribution in [1.29, 1.82) is 0 Å². The second kappa shape index (κ2) is 8.32. The largest absolute Gasteiger partial charge is 0.385 e. The first kappa shape index (κ1) is 17.9. The molecule has 0 saturated carbocycles. The Balaban J connectivity index is 2.49. The maximum atomic E-state index is 5.57. The maximum Gasteiger partial charge on any atom is 0.0474 e. The number of ether oxygens (including phenoxy) is 2. The lowest BCUT2D eigenvalue weighted by Crippen LogP contribution is -2.50. The van der Waals surface area contributed by atoms with Crippen LogP contribution in [0.1, 0.15) is 40.0 Å². The van der Waals surface area contributed by atoms with Gasteiger partial charge in [-0.25, -0.2) is 0 Å². The van der Waals surface area contributed by atoms with E-state index < -0.39 is 0 Å². The summed E-state index contributed by atoms with van der Waals surface area (Å²) in [5.41, 5.74) is 0.535. The first-order chi connectivity index (χ1) is 9.37. The monoisotopic (exact) mass is 286 g/mol. The summed E-state index contributed by atoms with van der Waals surface area (Å²) in [6.07, 6.45) is 3.42. The van der Waals surface area contributed by atoms with E-state index >= 15 is 0 Å². The highest BCUT2D eigenvalue weighted by molar-refractivity contribution is 4.89. The van der Waals surface area contributed by atoms with Crippen molar-refractivity contribution in [2.24, 2.45) is 5.41 Å². The molecule has 4 nitrogen and oxygen atoms in total. The van der Waals surface area contributed by atoms with E-state index in [4.69, 9.17) is 9.47 Å². The predicted octanol–water partition coefficient (Wildman–Crippen LogP) is 2.14. The van der Waals surface area contributed by atoms with Crippen molar-refractivity contribution in [2.45, 2.75) is 45.6 Å². The van der Waals surface area contributed by atoms with Crippen LogP contribution in [0.5, 0.6) is 0 Å². The van der Waals surface area contributed by atoms with Crippen molar-refractivity contribution in [2.75, 3.05) is 53.6 Å². The van der Waals surface area contributed by atoms with Crippen LogP contribution in [0.25, 0.3) is 0 Å². The molecular weight excluding hydrogens is 252 g/mol. The van der Waals surface area contributed by atoms with E-state index in [1.165, 1.54) is 0 Å². The van der Waals surface area contributed by atoms with Gasteiger partial charge in [-0.3, -0.25) is 0 Å². The van der Waals surface area contributed by atoms with Crippen molar-refractivity contribution in [1.82, 2.24) is 10.2 Å². The van der Waals surface area contributed by atoms with Crippen LogP contribution in [-0.4, -0.2) is 64.1 Å². The molecule has 1 aliphatic rings. The van der Waals surface area contributed by atoms with Gasteiger partial charge in [-0.15, -0.1) is 0 Å². The fourth-order valence-electron chi connectivity index (χ4n) is 2.78. The molecule has 0 radical (unpaired) electrons. The molecule has 1 saturated heterocycles. The van der Waals surface area contributed by atoms with E-state index in [0.29, 0.717) is 5.41 Å². The summed E-state index contributed by atoms with van der Waals surface area (Å²) in [7, 11) is 4.00. The molecule has 0 bridgehead atoms. The molecule has 1 aliphatic heterocycles. The van der Waals surface area contributed by atoms with Gasteiger partial charge < -0.3 is 19.7 Å². The quantitative estimate of drug-likeness (QED) is 0.693. The molecule has 0 unspecified atom stereocenters. The average Bonchev–Trinajstić information content (AvgIpc) is 2.37. The molecular formula is C16H34N2O2. The third kappa shape index (κ3) is 7.02. The van der Waals surface area contributed by atoms with Gasteiger partial charge in [-0.05, 0) is 52.5 Å². The van der Waals surface area contributed by atoms with Crippen molar-refractivity contribution in [3.63, 3.8) is 0 Å². The lowest BCUT2D eigenvalue weighted by atomic mass is 9.79. The van der Waals surface area contributed by atoms with E-state index in [1.807, 2.05) is 0 Å². The average molecular weight is 286 g/mol. The van der Waals surface area contributed by atoms with Gasteiger partial charge in [0, 0.05) is 52.1 Å². The summed E-state index contributed by atoms with van der Waals surface area (Å²) >= 11 is 0. The van der Waals surface area contributed by atoms with E-state index in [2.05, 4.69) is 38.0 Å². The number of methoxy groups -OCH3 is 1. The number of hydrogen-bond donors (Lipinski definition) is 1. The Kier molecular flexibility index (Phi) is 7.45. The van der Waals surface area contributed by atoms with Gasteiger partial charge in [0.15, 0.2) is 0 Å². The van der Waals surface area contributed by atoms with Crippen molar-refractivity contribution >= 4 is 0 Å². The van der Waals surface area contributed by atoms with Crippen LogP contribution in [0.15, 0.2) is 0 Å². The Bertz CT molecular complexity index is 258. The van der Waals surface area contributed by atoms with Crippen LogP contribution >= 0.6 is 0 Å². The van der Waals surface area contributed by atoms with Crippen LogP contribution < -0.4 is 5.32 Å². The Morgan fingerprint density at radius 3 is 2.45 bits per heavy atom. The molecule has 0 aromatic rings. The molecule has 1 rings (SSSR count). The van der Waals surface area contributed by atoms with Crippen molar-refractivity contribution < 1.29 is 9.47 Å². The van der Waals surface area contributed by atoms with E-state index in [-0.39, 0.29) is 5.54 Å². The molecule has 1 N–H and O–H groups in total. The normalized spacial score (nSPS) is 19.5. The Morgan fingerprint density at radius 1 is 1.25 bits per heavy atom. The highest BCUT2D eigenvalue weighted by Gasteiger charge is 2.34. The zero-order chi connectivity index (χ0) is 15.1. The summed E-state index contributed by atoms with van der Waals surface area (Å²) in [5, 5.41) is 3.70. The Hall–Kier alpha value is -0.160. The lowest BCUT2D eigenvalue weighted by Gasteiger charge is -2.42. The number of nitrogens with one attached hydrogen (secondary N) is 1.